The molecule has 0 aromatic heterocycles. The Hall–Kier alpha value is -0.740. The lowest BCUT2D eigenvalue weighted by Gasteiger charge is -2.62. The Morgan fingerprint density at radius 1 is 1.16 bits per heavy atom. The van der Waals surface area contributed by atoms with Crippen LogP contribution in [0.1, 0.15) is 73.1 Å². The molecule has 25 heavy (non-hydrogen) atoms. The van der Waals surface area contributed by atoms with Gasteiger partial charge in [0.1, 0.15) is 5.60 Å². The van der Waals surface area contributed by atoms with Gasteiger partial charge in [-0.15, -0.1) is 6.42 Å². The normalized spacial score (nSPS) is 57.7. The van der Waals surface area contributed by atoms with E-state index in [1.807, 2.05) is 0 Å². The first-order valence-electron chi connectivity index (χ1n) is 10.6. The summed E-state index contributed by atoms with van der Waals surface area (Å²) < 4.78 is 0. The van der Waals surface area contributed by atoms with Crippen molar-refractivity contribution in [3.05, 3.63) is 11.6 Å². The molecule has 1 N–H and O–H groups in total. The van der Waals surface area contributed by atoms with Crippen LogP contribution in [0.4, 0.5) is 0 Å². The minimum absolute atomic E-state index is 0.111. The summed E-state index contributed by atoms with van der Waals surface area (Å²) in [5, 5.41) is 11.2. The van der Waals surface area contributed by atoms with Crippen LogP contribution in [0, 0.1) is 58.7 Å². The van der Waals surface area contributed by atoms with Crippen molar-refractivity contribution < 1.29 is 5.11 Å². The van der Waals surface area contributed by atoms with E-state index in [0.29, 0.717) is 29.1 Å². The third kappa shape index (κ3) is 2.13. The SMILES string of the molecule is C#CC1(O)CCC2[C@H]3[C@H]([C@H](C)C[C@@]21C)[C@@]1(C)CC[C@H](C)CC1=C[C@@H]3C. The molecule has 0 radical (unpaired) electrons. The molecule has 2 unspecified atom stereocenters. The van der Waals surface area contributed by atoms with Gasteiger partial charge in [-0.25, -0.2) is 0 Å². The van der Waals surface area contributed by atoms with Gasteiger partial charge in [0, 0.05) is 5.41 Å². The maximum atomic E-state index is 11.2. The molecule has 3 fully saturated rings. The van der Waals surface area contributed by atoms with Crippen molar-refractivity contribution in [3.8, 4) is 12.3 Å². The highest BCUT2D eigenvalue weighted by atomic mass is 16.3. The van der Waals surface area contributed by atoms with E-state index in [9.17, 15) is 5.11 Å². The van der Waals surface area contributed by atoms with E-state index in [1.54, 1.807) is 5.57 Å². The smallest absolute Gasteiger partial charge is 0.130 e. The second-order valence-electron chi connectivity index (χ2n) is 10.7. The van der Waals surface area contributed by atoms with Gasteiger partial charge in [0.05, 0.1) is 0 Å². The fourth-order valence-electron chi connectivity index (χ4n) is 8.11. The zero-order chi connectivity index (χ0) is 18.2. The molecular formula is C24H36O. The number of fused-ring (bicyclic) bond motifs is 5. The summed E-state index contributed by atoms with van der Waals surface area (Å²) in [5.74, 6) is 6.92. The maximum Gasteiger partial charge on any atom is 0.130 e. The molecule has 0 heterocycles. The number of hydrogen-bond donors (Lipinski definition) is 1. The van der Waals surface area contributed by atoms with Crippen LogP contribution in [0.5, 0.6) is 0 Å². The first-order chi connectivity index (χ1) is 11.7. The Kier molecular flexibility index (Phi) is 3.81. The van der Waals surface area contributed by atoms with E-state index < -0.39 is 5.60 Å². The second-order valence-corrected chi connectivity index (χ2v) is 10.7. The van der Waals surface area contributed by atoms with Crippen molar-refractivity contribution in [2.24, 2.45) is 46.3 Å². The molecule has 0 saturated heterocycles. The van der Waals surface area contributed by atoms with Gasteiger partial charge in [-0.2, -0.15) is 0 Å². The highest BCUT2D eigenvalue weighted by molar-refractivity contribution is 5.30. The molecule has 1 heteroatoms. The number of rotatable bonds is 0. The molecule has 3 saturated carbocycles. The third-order valence-electron chi connectivity index (χ3n) is 9.32. The van der Waals surface area contributed by atoms with Gasteiger partial charge in [-0.3, -0.25) is 0 Å². The zero-order valence-electron chi connectivity index (χ0n) is 16.8. The number of hydrogen-bond acceptors (Lipinski definition) is 1. The summed E-state index contributed by atoms with van der Waals surface area (Å²) in [6.45, 7) is 12.2. The highest BCUT2D eigenvalue weighted by Crippen LogP contribution is 2.69. The summed E-state index contributed by atoms with van der Waals surface area (Å²) in [4.78, 5) is 0. The molecular weight excluding hydrogens is 304 g/mol. The predicted octanol–water partition coefficient (Wildman–Crippen LogP) is 5.44. The first kappa shape index (κ1) is 17.7. The molecule has 0 aromatic rings. The predicted molar refractivity (Wildman–Crippen MR) is 104 cm³/mol. The Morgan fingerprint density at radius 3 is 2.56 bits per heavy atom. The number of aliphatic hydroxyl groups is 1. The van der Waals surface area contributed by atoms with Gasteiger partial charge in [-0.1, -0.05) is 52.2 Å². The average molecular weight is 341 g/mol. The van der Waals surface area contributed by atoms with Gasteiger partial charge in [0.25, 0.3) is 0 Å². The van der Waals surface area contributed by atoms with Crippen LogP contribution in [0.3, 0.4) is 0 Å². The summed E-state index contributed by atoms with van der Waals surface area (Å²) in [5.41, 5.74) is 1.12. The second kappa shape index (κ2) is 5.39. The van der Waals surface area contributed by atoms with Crippen molar-refractivity contribution in [2.45, 2.75) is 78.7 Å². The van der Waals surface area contributed by atoms with Crippen molar-refractivity contribution in [2.75, 3.05) is 0 Å². The lowest BCUT2D eigenvalue weighted by Crippen LogP contribution is -2.58. The third-order valence-corrected chi connectivity index (χ3v) is 9.32. The van der Waals surface area contributed by atoms with E-state index in [1.165, 1.54) is 19.3 Å². The monoisotopic (exact) mass is 340 g/mol. The zero-order valence-corrected chi connectivity index (χ0v) is 16.8. The van der Waals surface area contributed by atoms with Crippen LogP contribution in [0.15, 0.2) is 11.6 Å². The largest absolute Gasteiger partial charge is 0.377 e. The fraction of sp³-hybridized carbons (Fsp3) is 0.833. The summed E-state index contributed by atoms with van der Waals surface area (Å²) in [7, 11) is 0. The Bertz CT molecular complexity index is 641. The van der Waals surface area contributed by atoms with Gasteiger partial charge < -0.3 is 5.11 Å². The van der Waals surface area contributed by atoms with Crippen molar-refractivity contribution >= 4 is 0 Å². The topological polar surface area (TPSA) is 20.2 Å². The minimum Gasteiger partial charge on any atom is -0.377 e. The van der Waals surface area contributed by atoms with Crippen LogP contribution in [-0.2, 0) is 0 Å². The molecule has 4 rings (SSSR count). The summed E-state index contributed by atoms with van der Waals surface area (Å²) in [6, 6.07) is 0. The summed E-state index contributed by atoms with van der Waals surface area (Å²) >= 11 is 0. The Labute approximate surface area is 154 Å². The molecule has 138 valence electrons. The van der Waals surface area contributed by atoms with Gasteiger partial charge in [-0.05, 0) is 79.4 Å². The van der Waals surface area contributed by atoms with E-state index in [2.05, 4.69) is 46.6 Å². The molecule has 0 spiro atoms. The molecule has 0 aliphatic heterocycles. The molecule has 4 aliphatic carbocycles. The van der Waals surface area contributed by atoms with Crippen LogP contribution < -0.4 is 0 Å². The van der Waals surface area contributed by atoms with Gasteiger partial charge in [0.2, 0.25) is 0 Å². The maximum absolute atomic E-state index is 11.2. The number of allylic oxidation sites excluding steroid dienone is 2. The quantitative estimate of drug-likeness (QED) is 0.460. The molecule has 0 amide bonds. The van der Waals surface area contributed by atoms with Crippen LogP contribution in [-0.4, -0.2) is 10.7 Å². The van der Waals surface area contributed by atoms with E-state index >= 15 is 0 Å². The van der Waals surface area contributed by atoms with Crippen LogP contribution in [0.2, 0.25) is 0 Å². The van der Waals surface area contributed by atoms with Gasteiger partial charge >= 0.3 is 0 Å². The average Bonchev–Trinajstić information content (AvgIpc) is 2.81. The lowest BCUT2D eigenvalue weighted by atomic mass is 9.42. The van der Waals surface area contributed by atoms with Crippen LogP contribution >= 0.6 is 0 Å². The van der Waals surface area contributed by atoms with Crippen LogP contribution in [0.25, 0.3) is 0 Å². The van der Waals surface area contributed by atoms with E-state index in [0.717, 1.165) is 31.1 Å². The first-order valence-corrected chi connectivity index (χ1v) is 10.6. The van der Waals surface area contributed by atoms with E-state index in [-0.39, 0.29) is 5.41 Å². The fourth-order valence-corrected chi connectivity index (χ4v) is 8.11. The number of terminal acetylenes is 1. The Morgan fingerprint density at radius 2 is 1.88 bits per heavy atom. The molecule has 4 aliphatic rings. The highest BCUT2D eigenvalue weighted by Gasteiger charge is 2.66. The van der Waals surface area contributed by atoms with E-state index in [4.69, 9.17) is 6.42 Å². The van der Waals surface area contributed by atoms with Crippen molar-refractivity contribution in [1.29, 1.82) is 0 Å². The van der Waals surface area contributed by atoms with Crippen molar-refractivity contribution in [3.63, 3.8) is 0 Å². The Balaban J connectivity index is 1.80. The molecule has 0 bridgehead atoms. The van der Waals surface area contributed by atoms with Crippen molar-refractivity contribution in [1.82, 2.24) is 0 Å². The molecule has 0 aromatic carbocycles. The lowest BCUT2D eigenvalue weighted by molar-refractivity contribution is -0.130. The summed E-state index contributed by atoms with van der Waals surface area (Å²) in [6.07, 6.45) is 15.5. The standard InChI is InChI=1S/C24H36O/c1-7-24(25)11-9-19-20-16(3)13-18-12-15(2)8-10-22(18,5)21(20)17(4)14-23(19,24)6/h1,13,15-17,19-21,25H,8-12,14H2,2-6H3/t15-,16-,17+,19?,20-,21-,22-,23-,24?/m0/s1. The van der Waals surface area contributed by atoms with Gasteiger partial charge in [0.15, 0.2) is 0 Å². The molecule has 9 atom stereocenters. The minimum atomic E-state index is -0.900. The molecule has 1 nitrogen and oxygen atoms in total.